The third-order valence-electron chi connectivity index (χ3n) is 6.12. The molecular formula is C25H27N3O4. The molecule has 7 heteroatoms. The van der Waals surface area contributed by atoms with Crippen LogP contribution in [0.2, 0.25) is 0 Å². The fraction of sp³-hybridized carbons (Fsp3) is 0.360. The Bertz CT molecular complexity index is 1100. The average Bonchev–Trinajstić information content (AvgIpc) is 3.53. The van der Waals surface area contributed by atoms with Crippen LogP contribution in [0.4, 0.5) is 0 Å². The Morgan fingerprint density at radius 1 is 1.22 bits per heavy atom. The summed E-state index contributed by atoms with van der Waals surface area (Å²) >= 11 is 0. The number of aromatic nitrogens is 2. The van der Waals surface area contributed by atoms with Crippen molar-refractivity contribution in [2.45, 2.75) is 38.3 Å². The first kappa shape index (κ1) is 20.6. The van der Waals surface area contributed by atoms with Crippen LogP contribution in [0.25, 0.3) is 11.3 Å². The molecule has 0 radical (unpaired) electrons. The molecule has 1 fully saturated rings. The van der Waals surface area contributed by atoms with Crippen LogP contribution in [-0.2, 0) is 4.74 Å². The molecule has 32 heavy (non-hydrogen) atoms. The van der Waals surface area contributed by atoms with Crippen LogP contribution in [-0.4, -0.2) is 52.0 Å². The Labute approximate surface area is 187 Å². The standard InChI is InChI=1S/C25H27N3O4/c1-2-13-31-17-11-9-16(10-12-17)24-21-22(19-7-3-4-8-20(19)29)26-27-23(21)25(30)28(24)15-18-6-5-14-32-18/h3-4,7-12,18,24,29H,2,5-6,13-15H2,1H3,(H,26,27)/t18-,24-/m0/s1. The maximum absolute atomic E-state index is 13.4. The molecule has 0 spiro atoms. The van der Waals surface area contributed by atoms with Gasteiger partial charge in [0.2, 0.25) is 0 Å². The first-order valence-corrected chi connectivity index (χ1v) is 11.2. The molecule has 7 nitrogen and oxygen atoms in total. The summed E-state index contributed by atoms with van der Waals surface area (Å²) in [4.78, 5) is 15.3. The predicted molar refractivity (Wildman–Crippen MR) is 120 cm³/mol. The molecule has 3 aromatic rings. The van der Waals surface area contributed by atoms with E-state index in [1.165, 1.54) is 0 Å². The van der Waals surface area contributed by atoms with Crippen molar-refractivity contribution in [3.05, 3.63) is 65.4 Å². The summed E-state index contributed by atoms with van der Waals surface area (Å²) in [6, 6.07) is 14.6. The third-order valence-corrected chi connectivity index (χ3v) is 6.12. The number of hydrogen-bond donors (Lipinski definition) is 2. The summed E-state index contributed by atoms with van der Waals surface area (Å²) in [6.45, 7) is 3.98. The summed E-state index contributed by atoms with van der Waals surface area (Å²) in [5.41, 5.74) is 3.42. The van der Waals surface area contributed by atoms with E-state index in [9.17, 15) is 9.90 Å². The van der Waals surface area contributed by atoms with Gasteiger partial charge in [-0.15, -0.1) is 0 Å². The molecule has 2 aliphatic rings. The number of benzene rings is 2. The molecule has 2 N–H and O–H groups in total. The predicted octanol–water partition coefficient (Wildman–Crippen LogP) is 4.30. The maximum atomic E-state index is 13.4. The SMILES string of the molecule is CCCOc1ccc([C@H]2c3c(-c4ccccc4O)n[nH]c3C(=O)N2C[C@@H]2CCCO2)cc1. The van der Waals surface area contributed by atoms with Gasteiger partial charge in [-0.3, -0.25) is 9.89 Å². The number of ether oxygens (including phenoxy) is 2. The lowest BCUT2D eigenvalue weighted by Crippen LogP contribution is -2.36. The largest absolute Gasteiger partial charge is 0.507 e. The van der Waals surface area contributed by atoms with Gasteiger partial charge < -0.3 is 19.5 Å². The number of amides is 1. The molecule has 3 heterocycles. The molecule has 0 aliphatic carbocycles. The lowest BCUT2D eigenvalue weighted by atomic mass is 9.95. The van der Waals surface area contributed by atoms with Crippen molar-refractivity contribution in [2.75, 3.05) is 19.8 Å². The molecule has 1 saturated heterocycles. The van der Waals surface area contributed by atoms with Crippen LogP contribution >= 0.6 is 0 Å². The normalized spacial score (nSPS) is 20.0. The number of fused-ring (bicyclic) bond motifs is 1. The maximum Gasteiger partial charge on any atom is 0.273 e. The van der Waals surface area contributed by atoms with Crippen molar-refractivity contribution in [3.8, 4) is 22.8 Å². The number of phenolic OH excluding ortho intramolecular Hbond substituents is 1. The van der Waals surface area contributed by atoms with Crippen molar-refractivity contribution >= 4 is 5.91 Å². The number of aromatic hydroxyl groups is 1. The van der Waals surface area contributed by atoms with Gasteiger partial charge in [0, 0.05) is 24.3 Å². The summed E-state index contributed by atoms with van der Waals surface area (Å²) in [5, 5.41) is 17.8. The number of para-hydroxylation sites is 1. The van der Waals surface area contributed by atoms with Crippen LogP contribution < -0.4 is 4.74 Å². The molecule has 0 bridgehead atoms. The zero-order valence-corrected chi connectivity index (χ0v) is 18.1. The fourth-order valence-electron chi connectivity index (χ4n) is 4.58. The number of aromatic amines is 1. The second kappa shape index (κ2) is 8.67. The van der Waals surface area contributed by atoms with E-state index in [0.29, 0.717) is 30.1 Å². The van der Waals surface area contributed by atoms with Gasteiger partial charge in [-0.05, 0) is 49.1 Å². The highest BCUT2D eigenvalue weighted by Gasteiger charge is 2.43. The zero-order valence-electron chi connectivity index (χ0n) is 18.1. The van der Waals surface area contributed by atoms with Gasteiger partial charge in [0.25, 0.3) is 5.91 Å². The highest BCUT2D eigenvalue weighted by molar-refractivity contribution is 6.00. The van der Waals surface area contributed by atoms with Gasteiger partial charge in [0.15, 0.2) is 0 Å². The van der Waals surface area contributed by atoms with Gasteiger partial charge in [0.05, 0.1) is 18.8 Å². The molecule has 166 valence electrons. The molecule has 2 atom stereocenters. The van der Waals surface area contributed by atoms with Crippen molar-refractivity contribution in [1.29, 1.82) is 0 Å². The first-order chi connectivity index (χ1) is 15.7. The molecule has 1 amide bonds. The molecule has 0 saturated carbocycles. The Balaban J connectivity index is 1.57. The number of hydrogen-bond acceptors (Lipinski definition) is 5. The lowest BCUT2D eigenvalue weighted by Gasteiger charge is -2.28. The van der Waals surface area contributed by atoms with Crippen LogP contribution in [0.1, 0.15) is 53.8 Å². The van der Waals surface area contributed by atoms with E-state index in [1.807, 2.05) is 41.3 Å². The number of carbonyl (C=O) groups is 1. The van der Waals surface area contributed by atoms with E-state index in [1.54, 1.807) is 12.1 Å². The van der Waals surface area contributed by atoms with E-state index < -0.39 is 0 Å². The smallest absolute Gasteiger partial charge is 0.273 e. The Hall–Kier alpha value is -3.32. The summed E-state index contributed by atoms with van der Waals surface area (Å²) in [6.07, 6.45) is 2.92. The van der Waals surface area contributed by atoms with Crippen LogP contribution in [0.5, 0.6) is 11.5 Å². The van der Waals surface area contributed by atoms with Gasteiger partial charge in [-0.2, -0.15) is 5.10 Å². The van der Waals surface area contributed by atoms with Gasteiger partial charge >= 0.3 is 0 Å². The van der Waals surface area contributed by atoms with Crippen molar-refractivity contribution in [2.24, 2.45) is 0 Å². The van der Waals surface area contributed by atoms with E-state index >= 15 is 0 Å². The number of phenols is 1. The second-order valence-electron chi connectivity index (χ2n) is 8.29. The van der Waals surface area contributed by atoms with Gasteiger partial charge in [0.1, 0.15) is 22.9 Å². The van der Waals surface area contributed by atoms with E-state index in [4.69, 9.17) is 9.47 Å². The van der Waals surface area contributed by atoms with Crippen LogP contribution in [0.15, 0.2) is 48.5 Å². The van der Waals surface area contributed by atoms with Crippen LogP contribution in [0, 0.1) is 0 Å². The second-order valence-corrected chi connectivity index (χ2v) is 8.29. The van der Waals surface area contributed by atoms with Gasteiger partial charge in [-0.25, -0.2) is 0 Å². The quantitative estimate of drug-likeness (QED) is 0.580. The van der Waals surface area contributed by atoms with E-state index in [-0.39, 0.29) is 23.8 Å². The van der Waals surface area contributed by atoms with Crippen molar-refractivity contribution in [1.82, 2.24) is 15.1 Å². The number of nitrogens with zero attached hydrogens (tertiary/aromatic N) is 2. The third kappa shape index (κ3) is 3.62. The van der Waals surface area contributed by atoms with Crippen molar-refractivity contribution < 1.29 is 19.4 Å². The Morgan fingerprint density at radius 3 is 2.75 bits per heavy atom. The number of nitrogens with one attached hydrogen (secondary N) is 1. The van der Waals surface area contributed by atoms with Crippen molar-refractivity contribution in [3.63, 3.8) is 0 Å². The number of rotatable bonds is 7. The minimum Gasteiger partial charge on any atom is -0.507 e. The minimum absolute atomic E-state index is 0.0270. The summed E-state index contributed by atoms with van der Waals surface area (Å²) in [5.74, 6) is 0.841. The number of carbonyl (C=O) groups excluding carboxylic acids is 1. The molecule has 0 unspecified atom stereocenters. The summed E-state index contributed by atoms with van der Waals surface area (Å²) in [7, 11) is 0. The zero-order chi connectivity index (χ0) is 22.1. The summed E-state index contributed by atoms with van der Waals surface area (Å²) < 4.78 is 11.6. The number of H-pyrrole nitrogens is 1. The van der Waals surface area contributed by atoms with E-state index in [0.717, 1.165) is 42.7 Å². The average molecular weight is 434 g/mol. The Morgan fingerprint density at radius 2 is 2.03 bits per heavy atom. The highest BCUT2D eigenvalue weighted by atomic mass is 16.5. The monoisotopic (exact) mass is 433 g/mol. The first-order valence-electron chi connectivity index (χ1n) is 11.2. The highest BCUT2D eigenvalue weighted by Crippen LogP contribution is 2.45. The fourth-order valence-corrected chi connectivity index (χ4v) is 4.58. The molecule has 1 aromatic heterocycles. The Kier molecular flexibility index (Phi) is 5.57. The van der Waals surface area contributed by atoms with E-state index in [2.05, 4.69) is 17.1 Å². The molecule has 5 rings (SSSR count). The molecule has 2 aromatic carbocycles. The molecular weight excluding hydrogens is 406 g/mol. The minimum atomic E-state index is -0.324. The molecule has 2 aliphatic heterocycles. The lowest BCUT2D eigenvalue weighted by molar-refractivity contribution is 0.0495. The topological polar surface area (TPSA) is 87.7 Å². The van der Waals surface area contributed by atoms with Gasteiger partial charge in [-0.1, -0.05) is 31.2 Å². The van der Waals surface area contributed by atoms with Crippen LogP contribution in [0.3, 0.4) is 0 Å².